The molecule has 2 aromatic rings. The van der Waals surface area contributed by atoms with Crippen LogP contribution >= 0.6 is 0 Å². The summed E-state index contributed by atoms with van der Waals surface area (Å²) in [5.74, 6) is -1.64. The van der Waals surface area contributed by atoms with Gasteiger partial charge in [0.1, 0.15) is 0 Å². The first kappa shape index (κ1) is 20.2. The normalized spacial score (nSPS) is 22.3. The predicted octanol–water partition coefficient (Wildman–Crippen LogP) is 2.75. The lowest BCUT2D eigenvalue weighted by Gasteiger charge is -2.39. The van der Waals surface area contributed by atoms with Crippen LogP contribution in [0.15, 0.2) is 29.1 Å². The number of imidazole rings is 1. The summed E-state index contributed by atoms with van der Waals surface area (Å²) in [4.78, 5) is 37.0. The fourth-order valence-electron chi connectivity index (χ4n) is 4.40. The molecule has 2 atom stereocenters. The molecule has 152 valence electrons. The molecule has 1 aromatic heterocycles. The molecule has 1 fully saturated rings. The Hall–Kier alpha value is -2.57. The van der Waals surface area contributed by atoms with E-state index in [1.807, 2.05) is 38.1 Å². The van der Waals surface area contributed by atoms with Gasteiger partial charge in [0.2, 0.25) is 5.91 Å². The van der Waals surface area contributed by atoms with Gasteiger partial charge in [-0.05, 0) is 38.3 Å². The van der Waals surface area contributed by atoms with E-state index in [9.17, 15) is 19.5 Å². The summed E-state index contributed by atoms with van der Waals surface area (Å²) in [6, 6.07) is 7.60. The number of aromatic nitrogens is 2. The largest absolute Gasteiger partial charge is 0.481 e. The molecule has 2 N–H and O–H groups in total. The fraction of sp³-hybridized carbons (Fsp3) is 0.571. The van der Waals surface area contributed by atoms with Crippen molar-refractivity contribution in [1.82, 2.24) is 14.5 Å². The summed E-state index contributed by atoms with van der Waals surface area (Å²) in [6.45, 7) is 4.75. The third-order valence-electron chi connectivity index (χ3n) is 5.87. The van der Waals surface area contributed by atoms with E-state index in [1.54, 1.807) is 9.13 Å². The van der Waals surface area contributed by atoms with Crippen molar-refractivity contribution in [3.05, 3.63) is 34.7 Å². The van der Waals surface area contributed by atoms with Crippen LogP contribution in [0.5, 0.6) is 0 Å². The number of hydrogen-bond acceptors (Lipinski definition) is 3. The number of carbonyl (C=O) groups excluding carboxylic acids is 1. The maximum Gasteiger partial charge on any atom is 0.329 e. The molecule has 7 nitrogen and oxygen atoms in total. The van der Waals surface area contributed by atoms with E-state index >= 15 is 0 Å². The number of para-hydroxylation sites is 2. The highest BCUT2D eigenvalue weighted by molar-refractivity contribution is 5.80. The van der Waals surface area contributed by atoms with E-state index in [0.717, 1.165) is 30.3 Å². The van der Waals surface area contributed by atoms with Gasteiger partial charge in [0.05, 0.1) is 22.5 Å². The number of carboxylic acid groups (broad SMARTS) is 1. The summed E-state index contributed by atoms with van der Waals surface area (Å²) in [5.41, 5.74) is 0.853. The number of aryl methyl sites for hydroxylation is 2. The van der Waals surface area contributed by atoms with Gasteiger partial charge >= 0.3 is 11.7 Å². The second-order valence-corrected chi connectivity index (χ2v) is 7.93. The minimum atomic E-state index is -0.860. The Balaban J connectivity index is 1.75. The van der Waals surface area contributed by atoms with E-state index in [-0.39, 0.29) is 24.6 Å². The number of nitrogens with one attached hydrogen (secondary N) is 1. The molecule has 0 radical (unpaired) electrons. The quantitative estimate of drug-likeness (QED) is 0.764. The van der Waals surface area contributed by atoms with Crippen molar-refractivity contribution in [1.29, 1.82) is 0 Å². The number of aliphatic carboxylic acids is 1. The van der Waals surface area contributed by atoms with Crippen molar-refractivity contribution >= 4 is 22.9 Å². The average molecular weight is 387 g/mol. The monoisotopic (exact) mass is 387 g/mol. The molecule has 1 aromatic carbocycles. The van der Waals surface area contributed by atoms with Crippen LogP contribution in [0.4, 0.5) is 0 Å². The number of hydrogen-bond donors (Lipinski definition) is 2. The van der Waals surface area contributed by atoms with Crippen molar-refractivity contribution in [2.45, 2.75) is 71.0 Å². The molecule has 28 heavy (non-hydrogen) atoms. The van der Waals surface area contributed by atoms with Gasteiger partial charge in [0.15, 0.2) is 0 Å². The Morgan fingerprint density at radius 3 is 2.43 bits per heavy atom. The Morgan fingerprint density at radius 1 is 1.18 bits per heavy atom. The van der Waals surface area contributed by atoms with Crippen molar-refractivity contribution < 1.29 is 14.7 Å². The summed E-state index contributed by atoms with van der Waals surface area (Å²) >= 11 is 0. The Morgan fingerprint density at radius 2 is 1.82 bits per heavy atom. The molecular formula is C21H29N3O4. The van der Waals surface area contributed by atoms with E-state index in [1.165, 1.54) is 0 Å². The summed E-state index contributed by atoms with van der Waals surface area (Å²) in [6.07, 6.45) is 4.01. The molecular weight excluding hydrogens is 358 g/mol. The molecule has 3 rings (SSSR count). The van der Waals surface area contributed by atoms with Crippen molar-refractivity contribution in [2.75, 3.05) is 0 Å². The minimum Gasteiger partial charge on any atom is -0.481 e. The molecule has 1 amide bonds. The van der Waals surface area contributed by atoms with E-state index in [2.05, 4.69) is 5.32 Å². The lowest BCUT2D eigenvalue weighted by molar-refractivity contribution is -0.146. The second kappa shape index (κ2) is 8.20. The number of nitrogens with zero attached hydrogens (tertiary/aromatic N) is 2. The van der Waals surface area contributed by atoms with E-state index in [4.69, 9.17) is 0 Å². The van der Waals surface area contributed by atoms with Crippen molar-refractivity contribution in [3.63, 3.8) is 0 Å². The molecule has 0 saturated heterocycles. The van der Waals surface area contributed by atoms with Gasteiger partial charge in [-0.1, -0.05) is 31.9 Å². The average Bonchev–Trinajstić information content (AvgIpc) is 2.92. The van der Waals surface area contributed by atoms with E-state index < -0.39 is 17.4 Å². The second-order valence-electron chi connectivity index (χ2n) is 7.93. The third-order valence-corrected chi connectivity index (χ3v) is 5.87. The Kier molecular flexibility index (Phi) is 5.91. The van der Waals surface area contributed by atoms with Crippen LogP contribution in [0.3, 0.4) is 0 Å². The van der Waals surface area contributed by atoms with Gasteiger partial charge in [-0.25, -0.2) is 4.79 Å². The zero-order chi connectivity index (χ0) is 20.3. The van der Waals surface area contributed by atoms with Crippen LogP contribution in [-0.2, 0) is 22.7 Å². The topological polar surface area (TPSA) is 93.3 Å². The summed E-state index contributed by atoms with van der Waals surface area (Å²) < 4.78 is 3.39. The number of carbonyl (C=O) groups is 2. The zero-order valence-corrected chi connectivity index (χ0v) is 16.6. The molecule has 1 aliphatic rings. The first-order valence-corrected chi connectivity index (χ1v) is 10.1. The molecule has 0 aliphatic heterocycles. The first-order valence-electron chi connectivity index (χ1n) is 10.1. The van der Waals surface area contributed by atoms with Gasteiger partial charge in [-0.3, -0.25) is 18.7 Å². The SMILES string of the molecule is CCCn1c(=O)n(CCC(=O)NC2(C)CCCCC2C(=O)O)c2ccccc21. The third kappa shape index (κ3) is 3.84. The summed E-state index contributed by atoms with van der Waals surface area (Å²) in [7, 11) is 0. The van der Waals surface area contributed by atoms with Gasteiger partial charge in [0, 0.05) is 19.5 Å². The highest BCUT2D eigenvalue weighted by Crippen LogP contribution is 2.34. The number of carboxylic acids is 1. The highest BCUT2D eigenvalue weighted by Gasteiger charge is 2.42. The lowest BCUT2D eigenvalue weighted by atomic mass is 9.74. The van der Waals surface area contributed by atoms with Gasteiger partial charge in [0.25, 0.3) is 0 Å². The fourth-order valence-corrected chi connectivity index (χ4v) is 4.40. The first-order chi connectivity index (χ1) is 13.4. The number of amides is 1. The number of benzene rings is 1. The molecule has 1 aliphatic carbocycles. The van der Waals surface area contributed by atoms with Gasteiger partial charge in [-0.2, -0.15) is 0 Å². The van der Waals surface area contributed by atoms with Crippen LogP contribution in [-0.4, -0.2) is 31.7 Å². The molecule has 0 spiro atoms. The van der Waals surface area contributed by atoms with Crippen LogP contribution in [0, 0.1) is 5.92 Å². The minimum absolute atomic E-state index is 0.108. The maximum absolute atomic E-state index is 12.8. The van der Waals surface area contributed by atoms with Crippen LogP contribution < -0.4 is 11.0 Å². The standard InChI is InChI=1S/C21H29N3O4/c1-3-13-23-16-9-4-5-10-17(16)24(20(23)28)14-11-18(25)22-21(2)12-7-6-8-15(21)19(26)27/h4-5,9-10,15H,3,6-8,11-14H2,1-2H3,(H,22,25)(H,26,27). The van der Waals surface area contributed by atoms with Crippen molar-refractivity contribution in [2.24, 2.45) is 5.92 Å². The Bertz CT molecular complexity index is 929. The smallest absolute Gasteiger partial charge is 0.329 e. The number of fused-ring (bicyclic) bond motifs is 1. The molecule has 2 unspecified atom stereocenters. The highest BCUT2D eigenvalue weighted by atomic mass is 16.4. The predicted molar refractivity (Wildman–Crippen MR) is 107 cm³/mol. The molecule has 1 saturated carbocycles. The van der Waals surface area contributed by atoms with E-state index in [0.29, 0.717) is 19.4 Å². The molecule has 0 bridgehead atoms. The molecule has 1 heterocycles. The van der Waals surface area contributed by atoms with Crippen LogP contribution in [0.2, 0.25) is 0 Å². The zero-order valence-electron chi connectivity index (χ0n) is 16.6. The lowest BCUT2D eigenvalue weighted by Crippen LogP contribution is -2.55. The number of rotatable bonds is 7. The van der Waals surface area contributed by atoms with Gasteiger partial charge < -0.3 is 10.4 Å². The van der Waals surface area contributed by atoms with Crippen LogP contribution in [0.1, 0.15) is 52.4 Å². The molecule has 7 heteroatoms. The maximum atomic E-state index is 12.8. The summed E-state index contributed by atoms with van der Waals surface area (Å²) in [5, 5.41) is 12.5. The van der Waals surface area contributed by atoms with Crippen molar-refractivity contribution in [3.8, 4) is 0 Å². The van der Waals surface area contributed by atoms with Crippen LogP contribution in [0.25, 0.3) is 11.0 Å². The van der Waals surface area contributed by atoms with Gasteiger partial charge in [-0.15, -0.1) is 0 Å². The Labute approximate surface area is 164 Å².